The van der Waals surface area contributed by atoms with Crippen molar-refractivity contribution < 1.29 is 8.42 Å². The Morgan fingerprint density at radius 3 is 2.83 bits per heavy atom. The number of sulfonamides is 1. The average Bonchev–Trinajstić information content (AvgIpc) is 2.82. The molecule has 0 aliphatic carbocycles. The van der Waals surface area contributed by atoms with Crippen LogP contribution in [-0.4, -0.2) is 43.6 Å². The van der Waals surface area contributed by atoms with E-state index in [0.717, 1.165) is 31.6 Å². The summed E-state index contributed by atoms with van der Waals surface area (Å²) < 4.78 is 25.8. The molecule has 7 heteroatoms. The third-order valence-corrected chi connectivity index (χ3v) is 5.85. The van der Waals surface area contributed by atoms with E-state index in [0.29, 0.717) is 6.54 Å². The minimum absolute atomic E-state index is 0.259. The number of hydrogen-bond donors (Lipinski definition) is 1. The monoisotopic (exact) mass is 289 g/mol. The second-order valence-electron chi connectivity index (χ2n) is 4.71. The summed E-state index contributed by atoms with van der Waals surface area (Å²) in [5.74, 6) is 0.545. The van der Waals surface area contributed by atoms with Crippen molar-refractivity contribution in [3.63, 3.8) is 0 Å². The smallest absolute Gasteiger partial charge is 0.214 e. The van der Waals surface area contributed by atoms with E-state index < -0.39 is 10.0 Å². The van der Waals surface area contributed by atoms with Gasteiger partial charge in [0.25, 0.3) is 0 Å². The van der Waals surface area contributed by atoms with Crippen molar-refractivity contribution in [2.75, 3.05) is 25.9 Å². The highest BCUT2D eigenvalue weighted by molar-refractivity contribution is 7.89. The summed E-state index contributed by atoms with van der Waals surface area (Å²) in [6, 6.07) is 0. The standard InChI is InChI=1S/C11H19N3O2S2/c1-14(6-11-7-17-9-13-11)18(15,16)8-10-2-4-12-5-3-10/h7,9-10,12H,2-6,8H2,1H3. The lowest BCUT2D eigenvalue weighted by atomic mass is 10.0. The zero-order valence-corrected chi connectivity index (χ0v) is 12.1. The molecule has 0 aromatic carbocycles. The van der Waals surface area contributed by atoms with E-state index in [1.54, 1.807) is 12.6 Å². The van der Waals surface area contributed by atoms with Crippen LogP contribution in [0.4, 0.5) is 0 Å². The van der Waals surface area contributed by atoms with Gasteiger partial charge in [-0.25, -0.2) is 13.4 Å². The van der Waals surface area contributed by atoms with Gasteiger partial charge in [0, 0.05) is 12.4 Å². The summed E-state index contributed by atoms with van der Waals surface area (Å²) >= 11 is 1.49. The molecular formula is C11H19N3O2S2. The Hall–Kier alpha value is -0.500. The number of hydrogen-bond acceptors (Lipinski definition) is 5. The maximum atomic E-state index is 12.2. The molecule has 0 saturated carbocycles. The molecule has 0 atom stereocenters. The Kier molecular flexibility index (Phi) is 4.71. The van der Waals surface area contributed by atoms with Gasteiger partial charge < -0.3 is 5.32 Å². The lowest BCUT2D eigenvalue weighted by molar-refractivity contribution is 0.388. The van der Waals surface area contributed by atoms with Crippen molar-refractivity contribution in [1.82, 2.24) is 14.6 Å². The van der Waals surface area contributed by atoms with E-state index >= 15 is 0 Å². The predicted octanol–water partition coefficient (Wildman–Crippen LogP) is 0.904. The van der Waals surface area contributed by atoms with Crippen LogP contribution in [0.5, 0.6) is 0 Å². The van der Waals surface area contributed by atoms with Crippen LogP contribution in [0.3, 0.4) is 0 Å². The zero-order valence-electron chi connectivity index (χ0n) is 10.5. The van der Waals surface area contributed by atoms with E-state index in [4.69, 9.17) is 0 Å². The van der Waals surface area contributed by atoms with Crippen molar-refractivity contribution >= 4 is 21.4 Å². The summed E-state index contributed by atoms with van der Waals surface area (Å²) in [5, 5.41) is 5.13. The van der Waals surface area contributed by atoms with Gasteiger partial charge in [-0.15, -0.1) is 11.3 Å². The van der Waals surface area contributed by atoms with Crippen LogP contribution in [0.2, 0.25) is 0 Å². The zero-order chi connectivity index (χ0) is 13.0. The lowest BCUT2D eigenvalue weighted by Gasteiger charge is -2.25. The lowest BCUT2D eigenvalue weighted by Crippen LogP contribution is -2.36. The Morgan fingerprint density at radius 2 is 2.22 bits per heavy atom. The fourth-order valence-corrected chi connectivity index (χ4v) is 4.18. The van der Waals surface area contributed by atoms with Gasteiger partial charge in [0.1, 0.15) is 0 Å². The molecule has 1 saturated heterocycles. The maximum absolute atomic E-state index is 12.2. The number of aromatic nitrogens is 1. The molecule has 1 aliphatic rings. The van der Waals surface area contributed by atoms with E-state index in [1.165, 1.54) is 15.6 Å². The Morgan fingerprint density at radius 1 is 1.50 bits per heavy atom. The molecule has 0 unspecified atom stereocenters. The van der Waals surface area contributed by atoms with E-state index in [2.05, 4.69) is 10.3 Å². The van der Waals surface area contributed by atoms with Gasteiger partial charge in [0.05, 0.1) is 23.5 Å². The first-order valence-electron chi connectivity index (χ1n) is 6.10. The van der Waals surface area contributed by atoms with Crippen LogP contribution in [0.15, 0.2) is 10.9 Å². The molecule has 0 amide bonds. The van der Waals surface area contributed by atoms with Crippen LogP contribution in [-0.2, 0) is 16.6 Å². The summed E-state index contributed by atoms with van der Waals surface area (Å²) in [4.78, 5) is 4.12. The third-order valence-electron chi connectivity index (χ3n) is 3.25. The summed E-state index contributed by atoms with van der Waals surface area (Å²) in [7, 11) is -1.53. The molecule has 1 fully saturated rings. The van der Waals surface area contributed by atoms with Crippen LogP contribution in [0.1, 0.15) is 18.5 Å². The number of piperidine rings is 1. The Balaban J connectivity index is 1.92. The average molecular weight is 289 g/mol. The fourth-order valence-electron chi connectivity index (χ4n) is 2.12. The number of nitrogens with one attached hydrogen (secondary N) is 1. The van der Waals surface area contributed by atoms with Crippen LogP contribution in [0.25, 0.3) is 0 Å². The van der Waals surface area contributed by atoms with Crippen molar-refractivity contribution in [1.29, 1.82) is 0 Å². The first-order chi connectivity index (χ1) is 8.58. The Labute approximate surface area is 112 Å². The number of thiazole rings is 1. The highest BCUT2D eigenvalue weighted by Gasteiger charge is 2.25. The summed E-state index contributed by atoms with van der Waals surface area (Å²) in [6.45, 7) is 2.22. The van der Waals surface area contributed by atoms with Crippen LogP contribution in [0, 0.1) is 5.92 Å². The second-order valence-corrected chi connectivity index (χ2v) is 7.55. The molecule has 1 aromatic rings. The molecule has 1 aliphatic heterocycles. The molecule has 1 N–H and O–H groups in total. The minimum Gasteiger partial charge on any atom is -0.317 e. The first-order valence-corrected chi connectivity index (χ1v) is 8.65. The molecule has 18 heavy (non-hydrogen) atoms. The molecule has 1 aromatic heterocycles. The van der Waals surface area contributed by atoms with Crippen molar-refractivity contribution in [3.05, 3.63) is 16.6 Å². The van der Waals surface area contributed by atoms with Gasteiger partial charge >= 0.3 is 0 Å². The molecule has 102 valence electrons. The van der Waals surface area contributed by atoms with Gasteiger partial charge in [-0.1, -0.05) is 0 Å². The Bertz CT molecular complexity index is 453. The summed E-state index contributed by atoms with van der Waals surface area (Å²) in [6.07, 6.45) is 1.90. The second kappa shape index (κ2) is 6.10. The molecule has 0 bridgehead atoms. The molecule has 2 rings (SSSR count). The largest absolute Gasteiger partial charge is 0.317 e. The molecular weight excluding hydrogens is 270 g/mol. The summed E-state index contributed by atoms with van der Waals surface area (Å²) in [5.41, 5.74) is 2.54. The van der Waals surface area contributed by atoms with Gasteiger partial charge in [0.15, 0.2) is 0 Å². The maximum Gasteiger partial charge on any atom is 0.214 e. The molecule has 2 heterocycles. The van der Waals surface area contributed by atoms with Gasteiger partial charge in [-0.3, -0.25) is 0 Å². The molecule has 0 spiro atoms. The topological polar surface area (TPSA) is 62.3 Å². The van der Waals surface area contributed by atoms with E-state index in [9.17, 15) is 8.42 Å². The van der Waals surface area contributed by atoms with E-state index in [1.807, 2.05) is 5.38 Å². The quantitative estimate of drug-likeness (QED) is 0.875. The highest BCUT2D eigenvalue weighted by Crippen LogP contribution is 2.17. The van der Waals surface area contributed by atoms with Gasteiger partial charge in [0.2, 0.25) is 10.0 Å². The number of nitrogens with zero attached hydrogens (tertiary/aromatic N) is 2. The highest BCUT2D eigenvalue weighted by atomic mass is 32.2. The normalized spacial score (nSPS) is 18.3. The van der Waals surface area contributed by atoms with Crippen molar-refractivity contribution in [2.45, 2.75) is 19.4 Å². The van der Waals surface area contributed by atoms with Crippen molar-refractivity contribution in [3.8, 4) is 0 Å². The van der Waals surface area contributed by atoms with Gasteiger partial charge in [-0.2, -0.15) is 4.31 Å². The van der Waals surface area contributed by atoms with Crippen molar-refractivity contribution in [2.24, 2.45) is 5.92 Å². The van der Waals surface area contributed by atoms with Gasteiger partial charge in [-0.05, 0) is 31.8 Å². The number of rotatable bonds is 5. The SMILES string of the molecule is CN(Cc1cscn1)S(=O)(=O)CC1CCNCC1. The van der Waals surface area contributed by atoms with Crippen LogP contribution < -0.4 is 5.32 Å². The fraction of sp³-hybridized carbons (Fsp3) is 0.727. The van der Waals surface area contributed by atoms with Crippen LogP contribution >= 0.6 is 11.3 Å². The molecule has 5 nitrogen and oxygen atoms in total. The minimum atomic E-state index is -3.17. The molecule has 0 radical (unpaired) electrons. The first kappa shape index (κ1) is 13.9. The predicted molar refractivity (Wildman–Crippen MR) is 73.0 cm³/mol. The van der Waals surface area contributed by atoms with E-state index in [-0.39, 0.29) is 11.7 Å². The third kappa shape index (κ3) is 3.74.